The number of hydrogen-bond donors (Lipinski definition) is 2. The second-order valence-corrected chi connectivity index (χ2v) is 7.47. The molecule has 0 unspecified atom stereocenters. The normalized spacial score (nSPS) is 24.5. The molecule has 2 saturated heterocycles. The van der Waals surface area contributed by atoms with Crippen LogP contribution in [0.3, 0.4) is 0 Å². The third-order valence-corrected chi connectivity index (χ3v) is 5.59. The Labute approximate surface area is 146 Å². The summed E-state index contributed by atoms with van der Waals surface area (Å²) in [4.78, 5) is 26.0. The second kappa shape index (κ2) is 5.82. The first kappa shape index (κ1) is 16.1. The van der Waals surface area contributed by atoms with E-state index < -0.39 is 0 Å². The number of rotatable bonds is 2. The number of piperidine rings is 1. The molecule has 7 nitrogen and oxygen atoms in total. The van der Waals surface area contributed by atoms with Crippen molar-refractivity contribution in [2.45, 2.75) is 32.7 Å². The summed E-state index contributed by atoms with van der Waals surface area (Å²) >= 11 is 0. The van der Waals surface area contributed by atoms with Crippen LogP contribution in [0, 0.1) is 11.3 Å². The van der Waals surface area contributed by atoms with Crippen molar-refractivity contribution in [3.05, 3.63) is 18.2 Å². The molecule has 2 N–H and O–H groups in total. The van der Waals surface area contributed by atoms with Gasteiger partial charge in [0.15, 0.2) is 11.5 Å². The average molecular weight is 345 g/mol. The van der Waals surface area contributed by atoms with Gasteiger partial charge in [-0.1, -0.05) is 6.07 Å². The summed E-state index contributed by atoms with van der Waals surface area (Å²) in [7, 11) is 0. The van der Waals surface area contributed by atoms with Crippen LogP contribution < -0.4 is 20.1 Å². The van der Waals surface area contributed by atoms with E-state index in [2.05, 4.69) is 10.6 Å². The lowest BCUT2D eigenvalue weighted by atomic mass is 9.68. The number of benzene rings is 1. The van der Waals surface area contributed by atoms with E-state index in [1.54, 1.807) is 0 Å². The van der Waals surface area contributed by atoms with E-state index in [1.165, 1.54) is 0 Å². The number of para-hydroxylation sites is 1. The lowest BCUT2D eigenvalue weighted by molar-refractivity contribution is -0.146. The number of likely N-dealkylation sites (tertiary alicyclic amines) is 1. The Hall–Kier alpha value is -2.44. The monoisotopic (exact) mass is 345 g/mol. The van der Waals surface area contributed by atoms with Gasteiger partial charge in [0, 0.05) is 19.1 Å². The topological polar surface area (TPSA) is 79.9 Å². The maximum absolute atomic E-state index is 12.6. The van der Waals surface area contributed by atoms with Gasteiger partial charge in [-0.3, -0.25) is 4.79 Å². The summed E-state index contributed by atoms with van der Waals surface area (Å²) in [5, 5.41) is 5.95. The van der Waals surface area contributed by atoms with Gasteiger partial charge >= 0.3 is 6.03 Å². The molecule has 25 heavy (non-hydrogen) atoms. The highest BCUT2D eigenvalue weighted by atomic mass is 16.7. The van der Waals surface area contributed by atoms with Crippen molar-refractivity contribution in [2.24, 2.45) is 11.3 Å². The van der Waals surface area contributed by atoms with Crippen molar-refractivity contribution in [1.82, 2.24) is 10.2 Å². The molecule has 0 spiro atoms. The van der Waals surface area contributed by atoms with Crippen LogP contribution in [-0.4, -0.2) is 42.8 Å². The number of nitrogens with zero attached hydrogens (tertiary/aromatic N) is 1. The summed E-state index contributed by atoms with van der Waals surface area (Å²) in [5.41, 5.74) is 0.339. The Bertz CT molecular complexity index is 710. The third kappa shape index (κ3) is 2.67. The molecule has 1 atom stereocenters. The summed E-state index contributed by atoms with van der Waals surface area (Å²) in [6.45, 7) is 5.54. The quantitative estimate of drug-likeness (QED) is 0.805. The van der Waals surface area contributed by atoms with Crippen molar-refractivity contribution in [3.8, 4) is 11.5 Å². The fourth-order valence-corrected chi connectivity index (χ4v) is 3.94. The van der Waals surface area contributed by atoms with Crippen molar-refractivity contribution in [3.63, 3.8) is 0 Å². The summed E-state index contributed by atoms with van der Waals surface area (Å²) in [5.74, 6) is 1.79. The van der Waals surface area contributed by atoms with Gasteiger partial charge in [0.1, 0.15) is 0 Å². The summed E-state index contributed by atoms with van der Waals surface area (Å²) < 4.78 is 10.8. The molecule has 3 heterocycles. The number of ether oxygens (including phenoxy) is 2. The van der Waals surface area contributed by atoms with Gasteiger partial charge in [-0.15, -0.1) is 0 Å². The summed E-state index contributed by atoms with van der Waals surface area (Å²) in [6.07, 6.45) is 1.79. The van der Waals surface area contributed by atoms with E-state index in [9.17, 15) is 9.59 Å². The van der Waals surface area contributed by atoms with E-state index in [-0.39, 0.29) is 30.2 Å². The van der Waals surface area contributed by atoms with E-state index in [0.29, 0.717) is 36.2 Å². The first-order chi connectivity index (χ1) is 12.0. The molecule has 3 amide bonds. The van der Waals surface area contributed by atoms with Crippen molar-refractivity contribution in [1.29, 1.82) is 0 Å². The fourth-order valence-electron chi connectivity index (χ4n) is 3.94. The highest BCUT2D eigenvalue weighted by Crippen LogP contribution is 2.40. The first-order valence-electron chi connectivity index (χ1n) is 8.72. The predicted octanol–water partition coefficient (Wildman–Crippen LogP) is 2.18. The number of carbonyl (C=O) groups is 2. The standard InChI is InChI=1S/C18H23N3O4/c1-18(2)15(20-16(18)22)11-6-8-21(9-7-11)17(23)19-12-4-3-5-13-14(12)25-10-24-13/h3-5,11,15H,6-10H2,1-2H3,(H,19,23)(H,20,22)/t15-/m0/s1. The van der Waals surface area contributed by atoms with Crippen LogP contribution in [0.4, 0.5) is 10.5 Å². The molecule has 1 aromatic rings. The molecule has 134 valence electrons. The number of β-lactam (4-membered cyclic amide) rings is 1. The molecule has 3 aliphatic rings. The molecule has 0 bridgehead atoms. The van der Waals surface area contributed by atoms with E-state index in [4.69, 9.17) is 9.47 Å². The summed E-state index contributed by atoms with van der Waals surface area (Å²) in [6, 6.07) is 5.55. The number of hydrogen-bond acceptors (Lipinski definition) is 4. The van der Waals surface area contributed by atoms with Crippen LogP contribution in [0.5, 0.6) is 11.5 Å². The van der Waals surface area contributed by atoms with Gasteiger partial charge in [0.05, 0.1) is 11.1 Å². The minimum absolute atomic E-state index is 0.123. The number of urea groups is 1. The smallest absolute Gasteiger partial charge is 0.321 e. The van der Waals surface area contributed by atoms with Crippen LogP contribution in [0.1, 0.15) is 26.7 Å². The third-order valence-electron chi connectivity index (χ3n) is 5.59. The number of nitrogens with one attached hydrogen (secondary N) is 2. The molecule has 0 radical (unpaired) electrons. The molecule has 0 aliphatic carbocycles. The molecular weight excluding hydrogens is 322 g/mol. The highest BCUT2D eigenvalue weighted by molar-refractivity contribution is 5.92. The molecule has 4 rings (SSSR count). The van der Waals surface area contributed by atoms with Gasteiger partial charge in [0.2, 0.25) is 12.7 Å². The second-order valence-electron chi connectivity index (χ2n) is 7.47. The number of fused-ring (bicyclic) bond motifs is 1. The number of amides is 3. The van der Waals surface area contributed by atoms with Crippen LogP contribution >= 0.6 is 0 Å². The zero-order valence-electron chi connectivity index (χ0n) is 14.5. The Morgan fingerprint density at radius 2 is 2.04 bits per heavy atom. The maximum atomic E-state index is 12.6. The number of carbonyl (C=O) groups excluding carboxylic acids is 2. The minimum atomic E-state index is -0.295. The molecule has 0 saturated carbocycles. The zero-order chi connectivity index (χ0) is 17.6. The molecule has 7 heteroatoms. The fraction of sp³-hybridized carbons (Fsp3) is 0.556. The molecule has 1 aromatic carbocycles. The van der Waals surface area contributed by atoms with Gasteiger partial charge in [0.25, 0.3) is 0 Å². The van der Waals surface area contributed by atoms with E-state index >= 15 is 0 Å². The van der Waals surface area contributed by atoms with Gasteiger partial charge < -0.3 is 25.0 Å². The lowest BCUT2D eigenvalue weighted by Gasteiger charge is -2.50. The van der Waals surface area contributed by atoms with Crippen LogP contribution in [0.25, 0.3) is 0 Å². The average Bonchev–Trinajstić information content (AvgIpc) is 3.09. The SMILES string of the molecule is CC1(C)C(=O)N[C@H]1C1CCN(C(=O)Nc2cccc3c2OCO3)CC1. The molecule has 0 aromatic heterocycles. The van der Waals surface area contributed by atoms with Crippen molar-refractivity contribution >= 4 is 17.6 Å². The first-order valence-corrected chi connectivity index (χ1v) is 8.72. The molecular formula is C18H23N3O4. The maximum Gasteiger partial charge on any atom is 0.321 e. The highest BCUT2D eigenvalue weighted by Gasteiger charge is 2.51. The zero-order valence-corrected chi connectivity index (χ0v) is 14.5. The Kier molecular flexibility index (Phi) is 3.74. The van der Waals surface area contributed by atoms with Gasteiger partial charge in [-0.05, 0) is 44.7 Å². The predicted molar refractivity (Wildman–Crippen MR) is 91.6 cm³/mol. The Morgan fingerprint density at radius 3 is 2.72 bits per heavy atom. The molecule has 3 aliphatic heterocycles. The van der Waals surface area contributed by atoms with Crippen LogP contribution in [0.15, 0.2) is 18.2 Å². The Morgan fingerprint density at radius 1 is 1.28 bits per heavy atom. The van der Waals surface area contributed by atoms with E-state index in [1.807, 2.05) is 36.9 Å². The van der Waals surface area contributed by atoms with Gasteiger partial charge in [-0.25, -0.2) is 4.79 Å². The van der Waals surface area contributed by atoms with Crippen molar-refractivity contribution in [2.75, 3.05) is 25.2 Å². The lowest BCUT2D eigenvalue weighted by Crippen LogP contribution is -2.68. The van der Waals surface area contributed by atoms with Crippen LogP contribution in [-0.2, 0) is 4.79 Å². The van der Waals surface area contributed by atoms with Gasteiger partial charge in [-0.2, -0.15) is 0 Å². The minimum Gasteiger partial charge on any atom is -0.454 e. The molecule has 2 fully saturated rings. The van der Waals surface area contributed by atoms with E-state index in [0.717, 1.165) is 12.8 Å². The van der Waals surface area contributed by atoms with Crippen LogP contribution in [0.2, 0.25) is 0 Å². The largest absolute Gasteiger partial charge is 0.454 e. The Balaban J connectivity index is 1.35. The van der Waals surface area contributed by atoms with Crippen molar-refractivity contribution < 1.29 is 19.1 Å². The number of anilines is 1.